The molecule has 30 heavy (non-hydrogen) atoms. The maximum atomic E-state index is 13.0. The molecule has 2 unspecified atom stereocenters. The van der Waals surface area contributed by atoms with Crippen LogP contribution in [0.2, 0.25) is 0 Å². The molecule has 0 radical (unpaired) electrons. The van der Waals surface area contributed by atoms with E-state index in [1.54, 1.807) is 0 Å². The van der Waals surface area contributed by atoms with Gasteiger partial charge in [-0.05, 0) is 61.4 Å². The number of fused-ring (bicyclic) bond motifs is 2. The zero-order chi connectivity index (χ0) is 21.4. The SMILES string of the molecule is NOC(=O)C1(NS(=O)(=O)c2ccc(Oc3ccc(F)cc3)cc2)CC2CCC(C1)O2. The van der Waals surface area contributed by atoms with E-state index in [0.29, 0.717) is 11.5 Å². The molecule has 8 nitrogen and oxygen atoms in total. The molecule has 0 aromatic heterocycles. The second-order valence-electron chi connectivity index (χ2n) is 7.49. The lowest BCUT2D eigenvalue weighted by atomic mass is 9.87. The van der Waals surface area contributed by atoms with Gasteiger partial charge in [0.15, 0.2) is 0 Å². The zero-order valence-corrected chi connectivity index (χ0v) is 16.7. The summed E-state index contributed by atoms with van der Waals surface area (Å²) < 4.78 is 52.8. The molecule has 4 rings (SSSR count). The number of benzene rings is 2. The quantitative estimate of drug-likeness (QED) is 0.668. The van der Waals surface area contributed by atoms with Crippen molar-refractivity contribution in [2.75, 3.05) is 0 Å². The van der Waals surface area contributed by atoms with Crippen LogP contribution in [0.15, 0.2) is 53.4 Å². The Kier molecular flexibility index (Phi) is 5.49. The van der Waals surface area contributed by atoms with Crippen LogP contribution in [0.5, 0.6) is 11.5 Å². The average molecular weight is 436 g/mol. The van der Waals surface area contributed by atoms with Gasteiger partial charge in [0.25, 0.3) is 0 Å². The molecular formula is C20H21FN2O6S. The maximum absolute atomic E-state index is 13.0. The highest BCUT2D eigenvalue weighted by molar-refractivity contribution is 7.89. The molecule has 0 saturated carbocycles. The Morgan fingerprint density at radius 3 is 2.10 bits per heavy atom. The first-order valence-corrected chi connectivity index (χ1v) is 10.9. The third kappa shape index (κ3) is 4.17. The molecule has 10 heteroatoms. The number of rotatable bonds is 6. The van der Waals surface area contributed by atoms with Crippen LogP contribution in [0.4, 0.5) is 4.39 Å². The summed E-state index contributed by atoms with van der Waals surface area (Å²) in [6.07, 6.45) is 1.37. The lowest BCUT2D eigenvalue weighted by Gasteiger charge is -2.38. The monoisotopic (exact) mass is 436 g/mol. The number of hydrogen-bond acceptors (Lipinski definition) is 7. The molecule has 2 aliphatic rings. The molecule has 2 aromatic rings. The van der Waals surface area contributed by atoms with Crippen molar-refractivity contribution in [2.45, 2.75) is 48.3 Å². The van der Waals surface area contributed by atoms with Crippen molar-refractivity contribution in [1.29, 1.82) is 0 Å². The topological polar surface area (TPSA) is 117 Å². The zero-order valence-electron chi connectivity index (χ0n) is 15.9. The van der Waals surface area contributed by atoms with Crippen LogP contribution in [0, 0.1) is 5.82 Å². The van der Waals surface area contributed by atoms with Gasteiger partial charge in [0, 0.05) is 12.8 Å². The average Bonchev–Trinajstić information content (AvgIpc) is 3.07. The first-order chi connectivity index (χ1) is 14.3. The summed E-state index contributed by atoms with van der Waals surface area (Å²) in [7, 11) is -4.05. The first kappa shape index (κ1) is 20.7. The predicted molar refractivity (Wildman–Crippen MR) is 103 cm³/mol. The van der Waals surface area contributed by atoms with Crippen LogP contribution < -0.4 is 15.4 Å². The number of nitrogens with one attached hydrogen (secondary N) is 1. The Labute approximate surface area is 173 Å². The van der Waals surface area contributed by atoms with E-state index in [2.05, 4.69) is 9.56 Å². The van der Waals surface area contributed by atoms with E-state index >= 15 is 0 Å². The summed E-state index contributed by atoms with van der Waals surface area (Å²) in [6, 6.07) is 11.1. The van der Waals surface area contributed by atoms with Crippen LogP contribution in [0.3, 0.4) is 0 Å². The van der Waals surface area contributed by atoms with Gasteiger partial charge in [-0.15, -0.1) is 0 Å². The molecule has 2 heterocycles. The van der Waals surface area contributed by atoms with Gasteiger partial charge in [-0.1, -0.05) is 0 Å². The van der Waals surface area contributed by atoms with Gasteiger partial charge in [0.05, 0.1) is 17.1 Å². The van der Waals surface area contributed by atoms with E-state index in [-0.39, 0.29) is 35.8 Å². The van der Waals surface area contributed by atoms with Crippen LogP contribution in [0.25, 0.3) is 0 Å². The molecule has 2 bridgehead atoms. The van der Waals surface area contributed by atoms with Crippen molar-refractivity contribution in [2.24, 2.45) is 5.90 Å². The normalized spacial score (nSPS) is 25.7. The number of nitrogens with two attached hydrogens (primary N) is 1. The van der Waals surface area contributed by atoms with E-state index in [4.69, 9.17) is 15.4 Å². The van der Waals surface area contributed by atoms with Crippen LogP contribution in [0.1, 0.15) is 25.7 Å². The summed E-state index contributed by atoms with van der Waals surface area (Å²) in [5, 5.41) is 0. The maximum Gasteiger partial charge on any atom is 0.345 e. The number of carbonyl (C=O) groups excluding carboxylic acids is 1. The van der Waals surface area contributed by atoms with E-state index in [0.717, 1.165) is 12.8 Å². The van der Waals surface area contributed by atoms with E-state index in [9.17, 15) is 17.6 Å². The van der Waals surface area contributed by atoms with Gasteiger partial charge in [-0.3, -0.25) is 0 Å². The standard InChI is InChI=1S/C20H21FN2O6S/c21-13-1-3-14(4-2-13)27-15-7-9-18(10-8-15)30(25,26)23-20(19(24)29-22)11-16-5-6-17(12-20)28-16/h1-4,7-10,16-17,23H,5-6,11-12,22H2. The Morgan fingerprint density at radius 1 is 1.03 bits per heavy atom. The minimum Gasteiger partial charge on any atom is -0.457 e. The second-order valence-corrected chi connectivity index (χ2v) is 9.17. The summed E-state index contributed by atoms with van der Waals surface area (Å²) in [4.78, 5) is 16.8. The van der Waals surface area contributed by atoms with Crippen LogP contribution >= 0.6 is 0 Å². The van der Waals surface area contributed by atoms with Gasteiger partial charge < -0.3 is 14.3 Å². The molecule has 2 fully saturated rings. The lowest BCUT2D eigenvalue weighted by Crippen LogP contribution is -2.60. The minimum absolute atomic E-state index is 0.0445. The highest BCUT2D eigenvalue weighted by Gasteiger charge is 2.52. The smallest absolute Gasteiger partial charge is 0.345 e. The number of hydrogen-bond donors (Lipinski definition) is 2. The van der Waals surface area contributed by atoms with Crippen LogP contribution in [-0.4, -0.2) is 32.1 Å². The van der Waals surface area contributed by atoms with Crippen molar-refractivity contribution < 1.29 is 31.9 Å². The van der Waals surface area contributed by atoms with Crippen LogP contribution in [-0.2, 0) is 24.4 Å². The molecule has 0 amide bonds. The number of halogens is 1. The van der Waals surface area contributed by atoms with Gasteiger partial charge in [0.1, 0.15) is 22.9 Å². The molecule has 2 aliphatic heterocycles. The number of ether oxygens (including phenoxy) is 2. The van der Waals surface area contributed by atoms with E-state index in [1.807, 2.05) is 0 Å². The predicted octanol–water partition coefficient (Wildman–Crippen LogP) is 2.39. The molecular weight excluding hydrogens is 415 g/mol. The molecule has 2 atom stereocenters. The Balaban J connectivity index is 1.53. The van der Waals surface area contributed by atoms with Crippen molar-refractivity contribution in [3.05, 3.63) is 54.3 Å². The Morgan fingerprint density at radius 2 is 1.57 bits per heavy atom. The lowest BCUT2D eigenvalue weighted by molar-refractivity contribution is -0.159. The van der Waals surface area contributed by atoms with Crippen molar-refractivity contribution in [3.8, 4) is 11.5 Å². The molecule has 3 N–H and O–H groups in total. The summed E-state index contributed by atoms with van der Waals surface area (Å²) in [5.41, 5.74) is -1.47. The number of sulfonamides is 1. The third-order valence-corrected chi connectivity index (χ3v) is 6.91. The first-order valence-electron chi connectivity index (χ1n) is 9.44. The largest absolute Gasteiger partial charge is 0.457 e. The molecule has 0 aliphatic carbocycles. The Hall–Kier alpha value is -2.53. The fourth-order valence-corrected chi connectivity index (χ4v) is 5.36. The number of carbonyl (C=O) groups is 1. The molecule has 2 saturated heterocycles. The molecule has 0 spiro atoms. The van der Waals surface area contributed by atoms with Gasteiger partial charge in [0.2, 0.25) is 10.0 Å². The van der Waals surface area contributed by atoms with Gasteiger partial charge >= 0.3 is 5.97 Å². The van der Waals surface area contributed by atoms with Crippen molar-refractivity contribution in [3.63, 3.8) is 0 Å². The van der Waals surface area contributed by atoms with E-state index < -0.39 is 21.5 Å². The van der Waals surface area contributed by atoms with Crippen molar-refractivity contribution in [1.82, 2.24) is 4.72 Å². The highest BCUT2D eigenvalue weighted by Crippen LogP contribution is 2.40. The van der Waals surface area contributed by atoms with Gasteiger partial charge in [-0.25, -0.2) is 17.6 Å². The third-order valence-electron chi connectivity index (χ3n) is 5.36. The minimum atomic E-state index is -4.05. The second kappa shape index (κ2) is 7.95. The van der Waals surface area contributed by atoms with Gasteiger partial charge in [-0.2, -0.15) is 10.6 Å². The summed E-state index contributed by atoms with van der Waals surface area (Å²) in [6.45, 7) is 0. The highest BCUT2D eigenvalue weighted by atomic mass is 32.2. The fraction of sp³-hybridized carbons (Fsp3) is 0.350. The summed E-state index contributed by atoms with van der Waals surface area (Å²) in [5.74, 6) is 4.66. The summed E-state index contributed by atoms with van der Waals surface area (Å²) >= 11 is 0. The molecule has 160 valence electrons. The fourth-order valence-electron chi connectivity index (χ4n) is 3.99. The Bertz CT molecular complexity index is 1010. The van der Waals surface area contributed by atoms with Crippen molar-refractivity contribution >= 4 is 16.0 Å². The van der Waals surface area contributed by atoms with E-state index in [1.165, 1.54) is 48.5 Å². The molecule has 2 aromatic carbocycles.